The molecule has 0 unspecified atom stereocenters. The van der Waals surface area contributed by atoms with Crippen molar-refractivity contribution in [3.05, 3.63) is 53.3 Å². The Morgan fingerprint density at radius 2 is 1.62 bits per heavy atom. The van der Waals surface area contributed by atoms with Gasteiger partial charge >= 0.3 is 6.03 Å². The second-order valence-corrected chi connectivity index (χ2v) is 5.68. The summed E-state index contributed by atoms with van der Waals surface area (Å²) in [6.07, 6.45) is 0. The topological polar surface area (TPSA) is 87.1 Å². The number of phenolic OH excluding ortho intramolecular Hbond substituents is 1. The summed E-state index contributed by atoms with van der Waals surface area (Å²) in [4.78, 5) is 21.1. The molecule has 0 atom stereocenters. The predicted octanol–water partition coefficient (Wildman–Crippen LogP) is 3.90. The quantitative estimate of drug-likeness (QED) is 0.624. The summed E-state index contributed by atoms with van der Waals surface area (Å²) in [6.45, 7) is 5.63. The minimum Gasteiger partial charge on any atom is -0.508 e. The highest BCUT2D eigenvalue weighted by atomic mass is 16.3. The third-order valence-corrected chi connectivity index (χ3v) is 3.79. The number of amides is 2. The highest BCUT2D eigenvalue weighted by Crippen LogP contribution is 2.21. The second-order valence-electron chi connectivity index (χ2n) is 5.68. The first-order valence-electron chi connectivity index (χ1n) is 7.55. The predicted molar refractivity (Wildman–Crippen MR) is 94.5 cm³/mol. The second kappa shape index (κ2) is 6.16. The molecule has 0 radical (unpaired) electrons. The zero-order chi connectivity index (χ0) is 17.3. The maximum absolute atomic E-state index is 12.2. The molecule has 0 spiro atoms. The van der Waals surface area contributed by atoms with Crippen LogP contribution in [0.2, 0.25) is 0 Å². The Morgan fingerprint density at radius 1 is 0.917 bits per heavy atom. The Labute approximate surface area is 139 Å². The fourth-order valence-electron chi connectivity index (χ4n) is 2.38. The van der Waals surface area contributed by atoms with Crippen molar-refractivity contribution in [2.24, 2.45) is 0 Å². The van der Waals surface area contributed by atoms with Crippen molar-refractivity contribution in [2.75, 3.05) is 10.6 Å². The molecule has 6 heteroatoms. The van der Waals surface area contributed by atoms with Crippen LogP contribution < -0.4 is 10.6 Å². The summed E-state index contributed by atoms with van der Waals surface area (Å²) in [5.74, 6) is 0.164. The van der Waals surface area contributed by atoms with Crippen LogP contribution in [0.5, 0.6) is 5.75 Å². The molecule has 0 fully saturated rings. The number of rotatable bonds is 2. The maximum Gasteiger partial charge on any atom is 0.323 e. The number of aryl methyl sites for hydroxylation is 3. The number of hydrogen-bond acceptors (Lipinski definition) is 4. The van der Waals surface area contributed by atoms with Crippen LogP contribution in [0.4, 0.5) is 16.2 Å². The number of benzene rings is 2. The average Bonchev–Trinajstić information content (AvgIpc) is 2.51. The Morgan fingerprint density at radius 3 is 2.33 bits per heavy atom. The Kier molecular flexibility index (Phi) is 4.04. The van der Waals surface area contributed by atoms with Crippen molar-refractivity contribution >= 4 is 28.4 Å². The lowest BCUT2D eigenvalue weighted by molar-refractivity contribution is 0.262. The van der Waals surface area contributed by atoms with Crippen molar-refractivity contribution in [3.8, 4) is 5.75 Å². The zero-order valence-corrected chi connectivity index (χ0v) is 13.7. The van der Waals surface area contributed by atoms with E-state index in [1.54, 1.807) is 24.3 Å². The van der Waals surface area contributed by atoms with Gasteiger partial charge in [0.1, 0.15) is 5.75 Å². The molecular formula is C18H18N4O2. The van der Waals surface area contributed by atoms with Crippen molar-refractivity contribution in [1.29, 1.82) is 0 Å². The van der Waals surface area contributed by atoms with E-state index in [2.05, 4.69) is 20.6 Å². The number of fused-ring (bicyclic) bond motifs is 1. The first-order chi connectivity index (χ1) is 11.4. The lowest BCUT2D eigenvalue weighted by atomic mass is 10.2. The van der Waals surface area contributed by atoms with E-state index in [9.17, 15) is 9.90 Å². The fourth-order valence-corrected chi connectivity index (χ4v) is 2.38. The van der Waals surface area contributed by atoms with Crippen molar-refractivity contribution < 1.29 is 9.90 Å². The van der Waals surface area contributed by atoms with Crippen LogP contribution in [-0.2, 0) is 0 Å². The monoisotopic (exact) mass is 322 g/mol. The molecule has 122 valence electrons. The number of anilines is 2. The number of carbonyl (C=O) groups excluding carboxylic acids is 1. The first kappa shape index (κ1) is 15.7. The van der Waals surface area contributed by atoms with Crippen molar-refractivity contribution in [3.63, 3.8) is 0 Å². The van der Waals surface area contributed by atoms with Crippen molar-refractivity contribution in [1.82, 2.24) is 9.97 Å². The molecule has 3 rings (SSSR count). The number of aromatic nitrogens is 2. The highest BCUT2D eigenvalue weighted by Gasteiger charge is 2.07. The molecule has 3 N–H and O–H groups in total. The number of nitrogens with zero attached hydrogens (tertiary/aromatic N) is 2. The van der Waals surface area contributed by atoms with Gasteiger partial charge in [0, 0.05) is 11.4 Å². The van der Waals surface area contributed by atoms with Crippen LogP contribution in [0, 0.1) is 20.8 Å². The lowest BCUT2D eigenvalue weighted by Crippen LogP contribution is -2.19. The van der Waals surface area contributed by atoms with E-state index in [0.29, 0.717) is 11.4 Å². The molecule has 0 saturated carbocycles. The summed E-state index contributed by atoms with van der Waals surface area (Å²) in [5.41, 5.74) is 5.33. The van der Waals surface area contributed by atoms with Crippen LogP contribution in [0.1, 0.15) is 17.0 Å². The maximum atomic E-state index is 12.2. The molecule has 1 heterocycles. The molecule has 0 bridgehead atoms. The van der Waals surface area contributed by atoms with Crippen LogP contribution in [0.25, 0.3) is 11.0 Å². The minimum absolute atomic E-state index is 0.164. The minimum atomic E-state index is -0.361. The number of carbonyl (C=O) groups is 1. The number of urea groups is 1. The van der Waals surface area contributed by atoms with Gasteiger partial charge in [0.15, 0.2) is 0 Å². The zero-order valence-electron chi connectivity index (χ0n) is 13.7. The Balaban J connectivity index is 1.78. The summed E-state index contributed by atoms with van der Waals surface area (Å²) in [6, 6.07) is 9.82. The Hall–Kier alpha value is -3.15. The van der Waals surface area contributed by atoms with Gasteiger partial charge in [-0.05, 0) is 62.7 Å². The van der Waals surface area contributed by atoms with E-state index in [0.717, 1.165) is 28.0 Å². The summed E-state index contributed by atoms with van der Waals surface area (Å²) >= 11 is 0. The third kappa shape index (κ3) is 3.27. The average molecular weight is 322 g/mol. The Bertz CT molecular complexity index is 938. The molecule has 24 heavy (non-hydrogen) atoms. The first-order valence-corrected chi connectivity index (χ1v) is 7.55. The van der Waals surface area contributed by atoms with Gasteiger partial charge in [0.05, 0.1) is 22.4 Å². The third-order valence-electron chi connectivity index (χ3n) is 3.79. The number of aromatic hydroxyl groups is 1. The SMILES string of the molecule is Cc1cc(O)ccc1NC(=O)Nc1ccc2nc(C)c(C)nc2c1. The van der Waals surface area contributed by atoms with Gasteiger partial charge in [-0.1, -0.05) is 0 Å². The molecule has 6 nitrogen and oxygen atoms in total. The number of hydrogen-bond donors (Lipinski definition) is 3. The van der Waals surface area contributed by atoms with E-state index in [1.807, 2.05) is 26.8 Å². The van der Waals surface area contributed by atoms with Gasteiger partial charge in [-0.25, -0.2) is 14.8 Å². The summed E-state index contributed by atoms with van der Waals surface area (Å²) in [5, 5.41) is 14.9. The molecular weight excluding hydrogens is 304 g/mol. The summed E-state index contributed by atoms with van der Waals surface area (Å²) < 4.78 is 0. The fraction of sp³-hybridized carbons (Fsp3) is 0.167. The van der Waals surface area contributed by atoms with E-state index in [1.165, 1.54) is 6.07 Å². The van der Waals surface area contributed by atoms with Crippen LogP contribution >= 0.6 is 0 Å². The molecule has 0 aliphatic rings. The van der Waals surface area contributed by atoms with Gasteiger partial charge in [0.2, 0.25) is 0 Å². The molecule has 2 amide bonds. The van der Waals surface area contributed by atoms with Gasteiger partial charge in [-0.2, -0.15) is 0 Å². The van der Waals surface area contributed by atoms with Crippen LogP contribution in [0.15, 0.2) is 36.4 Å². The van der Waals surface area contributed by atoms with E-state index in [-0.39, 0.29) is 11.8 Å². The smallest absolute Gasteiger partial charge is 0.323 e. The number of phenols is 1. The molecule has 0 aliphatic heterocycles. The van der Waals surface area contributed by atoms with E-state index in [4.69, 9.17) is 0 Å². The van der Waals surface area contributed by atoms with Gasteiger partial charge in [-0.3, -0.25) is 0 Å². The molecule has 1 aromatic heterocycles. The van der Waals surface area contributed by atoms with Gasteiger partial charge in [-0.15, -0.1) is 0 Å². The van der Waals surface area contributed by atoms with Crippen LogP contribution in [0.3, 0.4) is 0 Å². The standard InChI is InChI=1S/C18H18N4O2/c1-10-8-14(23)5-7-15(10)22-18(24)21-13-4-6-16-17(9-13)20-12(3)11(2)19-16/h4-9,23H,1-3H3,(H2,21,22,24). The van der Waals surface area contributed by atoms with E-state index >= 15 is 0 Å². The largest absolute Gasteiger partial charge is 0.508 e. The van der Waals surface area contributed by atoms with Gasteiger partial charge < -0.3 is 15.7 Å². The molecule has 0 aliphatic carbocycles. The van der Waals surface area contributed by atoms with E-state index < -0.39 is 0 Å². The molecule has 3 aromatic rings. The summed E-state index contributed by atoms with van der Waals surface area (Å²) in [7, 11) is 0. The van der Waals surface area contributed by atoms with Crippen LogP contribution in [-0.4, -0.2) is 21.1 Å². The van der Waals surface area contributed by atoms with Gasteiger partial charge in [0.25, 0.3) is 0 Å². The number of nitrogens with one attached hydrogen (secondary N) is 2. The normalized spacial score (nSPS) is 10.6. The highest BCUT2D eigenvalue weighted by molar-refractivity contribution is 6.01. The lowest BCUT2D eigenvalue weighted by Gasteiger charge is -2.11. The molecule has 0 saturated heterocycles. The van der Waals surface area contributed by atoms with Crippen molar-refractivity contribution in [2.45, 2.75) is 20.8 Å². The molecule has 2 aromatic carbocycles.